The predicted octanol–water partition coefficient (Wildman–Crippen LogP) is 16.2. The van der Waals surface area contributed by atoms with Gasteiger partial charge in [0.05, 0.1) is 33.1 Å². The Bertz CT molecular complexity index is 4180. The summed E-state index contributed by atoms with van der Waals surface area (Å²) < 4.78 is 13.5. The SMILES string of the molecule is c1ccc(-c2cc3c(cc2-c2ccc4c(c2)c2ccccc2n4-c2ccc4c(c2)c2ccccc2n4-c2ccccc2)c2ccccc2n3-c2ccc3oc4ccccc4c3c2)cc1. The molecule has 0 aliphatic heterocycles. The van der Waals surface area contributed by atoms with Crippen LogP contribution in [0.3, 0.4) is 0 Å². The Morgan fingerprint density at radius 1 is 0.234 bits per heavy atom. The highest BCUT2D eigenvalue weighted by Gasteiger charge is 2.21. The molecule has 0 radical (unpaired) electrons. The van der Waals surface area contributed by atoms with E-state index in [1.54, 1.807) is 0 Å². The maximum Gasteiger partial charge on any atom is 0.135 e. The van der Waals surface area contributed by atoms with Crippen LogP contribution in [0.4, 0.5) is 0 Å². The van der Waals surface area contributed by atoms with Gasteiger partial charge in [-0.05, 0) is 119 Å². The van der Waals surface area contributed by atoms with E-state index in [9.17, 15) is 0 Å². The molecule has 64 heavy (non-hydrogen) atoms. The molecule has 4 nitrogen and oxygen atoms in total. The van der Waals surface area contributed by atoms with Gasteiger partial charge in [-0.1, -0.05) is 127 Å². The molecule has 0 saturated carbocycles. The molecule has 0 bridgehead atoms. The summed E-state index contributed by atoms with van der Waals surface area (Å²) in [5, 5.41) is 9.61. The third-order valence-corrected chi connectivity index (χ3v) is 13.4. The van der Waals surface area contributed by atoms with Crippen LogP contribution in [0.15, 0.2) is 229 Å². The molecule has 0 aliphatic carbocycles. The maximum absolute atomic E-state index is 6.26. The highest BCUT2D eigenvalue weighted by atomic mass is 16.3. The van der Waals surface area contributed by atoms with E-state index >= 15 is 0 Å². The Kier molecular flexibility index (Phi) is 7.36. The van der Waals surface area contributed by atoms with Crippen LogP contribution in [0.25, 0.3) is 127 Å². The minimum Gasteiger partial charge on any atom is -0.456 e. The fraction of sp³-hybridized carbons (Fsp3) is 0. The van der Waals surface area contributed by atoms with E-state index in [0.717, 1.165) is 44.5 Å². The van der Waals surface area contributed by atoms with Gasteiger partial charge in [0.1, 0.15) is 11.2 Å². The van der Waals surface area contributed by atoms with Crippen molar-refractivity contribution in [1.29, 1.82) is 0 Å². The molecular formula is C60H37N3O. The van der Waals surface area contributed by atoms with E-state index in [1.807, 2.05) is 12.1 Å². The smallest absolute Gasteiger partial charge is 0.135 e. The van der Waals surface area contributed by atoms with Gasteiger partial charge in [0, 0.05) is 60.2 Å². The van der Waals surface area contributed by atoms with Crippen LogP contribution in [0.1, 0.15) is 0 Å². The molecule has 4 heteroatoms. The normalized spacial score (nSPS) is 12.1. The highest BCUT2D eigenvalue weighted by Crippen LogP contribution is 2.44. The Morgan fingerprint density at radius 3 is 1.38 bits per heavy atom. The molecule has 0 atom stereocenters. The number of benzene rings is 10. The van der Waals surface area contributed by atoms with Crippen LogP contribution in [-0.4, -0.2) is 13.7 Å². The van der Waals surface area contributed by atoms with E-state index in [1.165, 1.54) is 82.2 Å². The van der Waals surface area contributed by atoms with Gasteiger partial charge in [-0.3, -0.25) is 0 Å². The molecule has 0 fully saturated rings. The lowest BCUT2D eigenvalue weighted by atomic mass is 9.92. The van der Waals surface area contributed by atoms with Gasteiger partial charge in [0.2, 0.25) is 0 Å². The van der Waals surface area contributed by atoms with Crippen molar-refractivity contribution in [3.05, 3.63) is 224 Å². The third-order valence-electron chi connectivity index (χ3n) is 13.4. The molecule has 0 aliphatic rings. The Labute approximate surface area is 367 Å². The van der Waals surface area contributed by atoms with Crippen molar-refractivity contribution in [3.8, 4) is 39.3 Å². The van der Waals surface area contributed by atoms with Gasteiger partial charge in [-0.25, -0.2) is 0 Å². The minimum atomic E-state index is 0.894. The summed E-state index contributed by atoms with van der Waals surface area (Å²) in [7, 11) is 0. The first-order valence-corrected chi connectivity index (χ1v) is 21.9. The van der Waals surface area contributed by atoms with Crippen LogP contribution in [0, 0.1) is 0 Å². The summed E-state index contributed by atoms with van der Waals surface area (Å²) in [5.41, 5.74) is 17.1. The van der Waals surface area contributed by atoms with Gasteiger partial charge in [-0.2, -0.15) is 0 Å². The molecule has 10 aromatic carbocycles. The lowest BCUT2D eigenvalue weighted by molar-refractivity contribution is 0.669. The second-order valence-corrected chi connectivity index (χ2v) is 16.9. The number of hydrogen-bond acceptors (Lipinski definition) is 1. The molecule has 0 saturated heterocycles. The zero-order chi connectivity index (χ0) is 41.9. The summed E-state index contributed by atoms with van der Waals surface area (Å²) in [6.07, 6.45) is 0. The first-order chi connectivity index (χ1) is 31.7. The zero-order valence-corrected chi connectivity index (χ0v) is 34.6. The quantitative estimate of drug-likeness (QED) is 0.170. The molecule has 298 valence electrons. The van der Waals surface area contributed by atoms with Crippen molar-refractivity contribution in [2.24, 2.45) is 0 Å². The van der Waals surface area contributed by atoms with Crippen LogP contribution >= 0.6 is 0 Å². The van der Waals surface area contributed by atoms with Gasteiger partial charge in [-0.15, -0.1) is 0 Å². The molecule has 0 spiro atoms. The summed E-state index contributed by atoms with van der Waals surface area (Å²) in [6, 6.07) is 81.7. The Balaban J connectivity index is 0.990. The fourth-order valence-corrected chi connectivity index (χ4v) is 10.6. The van der Waals surface area contributed by atoms with Crippen molar-refractivity contribution in [1.82, 2.24) is 13.7 Å². The standard InChI is InChI=1S/C60H37N3O/c1-3-15-38(16-4-1)48-37-58-51(45-21-9-13-25-55(45)63(58)42-29-32-60-52(35-42)46-22-10-14-26-59(46)64-60)36-47(48)39-27-30-56-49(33-39)43-19-7-12-24-54(43)62(56)41-28-31-57-50(34-41)44-20-8-11-23-53(44)61(57)40-17-5-2-6-18-40/h1-37H. The number of para-hydroxylation sites is 5. The van der Waals surface area contributed by atoms with E-state index in [4.69, 9.17) is 4.42 Å². The summed E-state index contributed by atoms with van der Waals surface area (Å²) in [6.45, 7) is 0. The van der Waals surface area contributed by atoms with Crippen LogP contribution < -0.4 is 0 Å². The summed E-state index contributed by atoms with van der Waals surface area (Å²) in [4.78, 5) is 0. The number of aromatic nitrogens is 3. The lowest BCUT2D eigenvalue weighted by Crippen LogP contribution is -1.96. The van der Waals surface area contributed by atoms with Gasteiger partial charge < -0.3 is 18.1 Å². The number of rotatable bonds is 5. The van der Waals surface area contributed by atoms with Crippen molar-refractivity contribution in [3.63, 3.8) is 0 Å². The number of nitrogens with zero attached hydrogens (tertiary/aromatic N) is 3. The average Bonchev–Trinajstić information content (AvgIpc) is 4.10. The fourth-order valence-electron chi connectivity index (χ4n) is 10.6. The number of fused-ring (bicyclic) bond motifs is 12. The second kappa shape index (κ2) is 13.4. The van der Waals surface area contributed by atoms with Crippen LogP contribution in [0.2, 0.25) is 0 Å². The molecule has 4 heterocycles. The molecule has 0 amide bonds. The predicted molar refractivity (Wildman–Crippen MR) is 268 cm³/mol. The molecule has 4 aromatic heterocycles. The molecule has 14 rings (SSSR count). The van der Waals surface area contributed by atoms with Crippen molar-refractivity contribution < 1.29 is 4.42 Å². The maximum atomic E-state index is 6.26. The molecular weight excluding hydrogens is 779 g/mol. The summed E-state index contributed by atoms with van der Waals surface area (Å²) >= 11 is 0. The van der Waals surface area contributed by atoms with Crippen molar-refractivity contribution >= 4 is 87.4 Å². The monoisotopic (exact) mass is 815 g/mol. The lowest BCUT2D eigenvalue weighted by Gasteiger charge is -2.14. The van der Waals surface area contributed by atoms with E-state index in [2.05, 4.69) is 226 Å². The average molecular weight is 816 g/mol. The molecule has 0 unspecified atom stereocenters. The third kappa shape index (κ3) is 5.05. The Morgan fingerprint density at radius 2 is 0.688 bits per heavy atom. The highest BCUT2D eigenvalue weighted by molar-refractivity contribution is 6.16. The molecule has 14 aromatic rings. The zero-order valence-electron chi connectivity index (χ0n) is 34.6. The first kappa shape index (κ1) is 35.0. The second-order valence-electron chi connectivity index (χ2n) is 16.9. The van der Waals surface area contributed by atoms with Crippen molar-refractivity contribution in [2.75, 3.05) is 0 Å². The van der Waals surface area contributed by atoms with E-state index in [-0.39, 0.29) is 0 Å². The number of hydrogen-bond donors (Lipinski definition) is 0. The number of furan rings is 1. The topological polar surface area (TPSA) is 27.9 Å². The Hall–Kier alpha value is -8.60. The summed E-state index contributed by atoms with van der Waals surface area (Å²) in [5.74, 6) is 0. The van der Waals surface area contributed by atoms with Gasteiger partial charge in [0.15, 0.2) is 0 Å². The van der Waals surface area contributed by atoms with Crippen LogP contribution in [-0.2, 0) is 0 Å². The van der Waals surface area contributed by atoms with Crippen LogP contribution in [0.5, 0.6) is 0 Å². The first-order valence-electron chi connectivity index (χ1n) is 21.9. The largest absolute Gasteiger partial charge is 0.456 e. The van der Waals surface area contributed by atoms with E-state index < -0.39 is 0 Å². The van der Waals surface area contributed by atoms with Crippen molar-refractivity contribution in [2.45, 2.75) is 0 Å². The minimum absolute atomic E-state index is 0.894. The van der Waals surface area contributed by atoms with Gasteiger partial charge in [0.25, 0.3) is 0 Å². The van der Waals surface area contributed by atoms with Gasteiger partial charge >= 0.3 is 0 Å². The van der Waals surface area contributed by atoms with E-state index in [0.29, 0.717) is 0 Å². The molecule has 0 N–H and O–H groups in total.